The zero-order valence-corrected chi connectivity index (χ0v) is 6.20. The molecule has 0 spiro atoms. The molecule has 1 rings (SSSR count). The molecular weight excluding hydrogens is 160 g/mol. The van der Waals surface area contributed by atoms with Gasteiger partial charge in [0.1, 0.15) is 0 Å². The largest absolute Gasteiger partial charge is 0.465 e. The van der Waals surface area contributed by atoms with E-state index in [1.807, 2.05) is 0 Å². The molecule has 0 aliphatic rings. The highest BCUT2D eigenvalue weighted by Crippen LogP contribution is 1.87. The highest BCUT2D eigenvalue weighted by atomic mass is 16.4. The minimum absolute atomic E-state index is 0.0332. The number of hydrogen-bond donors (Lipinski definition) is 3. The summed E-state index contributed by atoms with van der Waals surface area (Å²) in [5.74, 6) is 0. The van der Waals surface area contributed by atoms with Crippen molar-refractivity contribution in [1.82, 2.24) is 10.3 Å². The molecule has 0 radical (unpaired) electrons. The van der Waals surface area contributed by atoms with Crippen LogP contribution in [0.3, 0.4) is 0 Å². The van der Waals surface area contributed by atoms with Gasteiger partial charge in [-0.1, -0.05) is 6.07 Å². The highest BCUT2D eigenvalue weighted by molar-refractivity contribution is 5.64. The molecule has 0 atom stereocenters. The van der Waals surface area contributed by atoms with Crippen LogP contribution in [0.1, 0.15) is 5.56 Å². The lowest BCUT2D eigenvalue weighted by Crippen LogP contribution is -2.24. The van der Waals surface area contributed by atoms with E-state index >= 15 is 0 Å². The number of aromatic nitrogens is 1. The molecule has 1 heterocycles. The van der Waals surface area contributed by atoms with Crippen LogP contribution in [0.4, 0.5) is 4.79 Å². The summed E-state index contributed by atoms with van der Waals surface area (Å²) >= 11 is 0. The number of carboxylic acid groups (broad SMARTS) is 1. The van der Waals surface area contributed by atoms with Crippen LogP contribution in [-0.4, -0.2) is 16.2 Å². The fourth-order valence-corrected chi connectivity index (χ4v) is 0.766. The van der Waals surface area contributed by atoms with Gasteiger partial charge < -0.3 is 15.4 Å². The summed E-state index contributed by atoms with van der Waals surface area (Å²) in [7, 11) is 0. The number of carbonyl (C=O) groups is 1. The van der Waals surface area contributed by atoms with E-state index in [4.69, 9.17) is 5.11 Å². The molecule has 1 aromatic heterocycles. The van der Waals surface area contributed by atoms with E-state index in [2.05, 4.69) is 10.3 Å². The number of H-pyrrole nitrogens is 1. The maximum Gasteiger partial charge on any atom is 0.404 e. The van der Waals surface area contributed by atoms with Gasteiger partial charge in [0.25, 0.3) is 5.56 Å². The van der Waals surface area contributed by atoms with E-state index in [-0.39, 0.29) is 12.1 Å². The van der Waals surface area contributed by atoms with Gasteiger partial charge >= 0.3 is 6.09 Å². The Morgan fingerprint density at radius 2 is 2.42 bits per heavy atom. The molecule has 0 aromatic carbocycles. The zero-order valence-electron chi connectivity index (χ0n) is 6.20. The number of nitrogens with one attached hydrogen (secondary N) is 2. The molecule has 5 nitrogen and oxygen atoms in total. The quantitative estimate of drug-likeness (QED) is 0.587. The zero-order chi connectivity index (χ0) is 8.97. The van der Waals surface area contributed by atoms with Crippen LogP contribution in [-0.2, 0) is 6.54 Å². The summed E-state index contributed by atoms with van der Waals surface area (Å²) in [6.45, 7) is 0.0332. The van der Waals surface area contributed by atoms with Crippen LogP contribution in [0.2, 0.25) is 0 Å². The van der Waals surface area contributed by atoms with Crippen molar-refractivity contribution in [2.24, 2.45) is 0 Å². The van der Waals surface area contributed by atoms with Crippen molar-refractivity contribution in [3.8, 4) is 0 Å². The van der Waals surface area contributed by atoms with Crippen LogP contribution in [0.15, 0.2) is 23.1 Å². The average Bonchev–Trinajstić information content (AvgIpc) is 2.03. The molecule has 0 bridgehead atoms. The lowest BCUT2D eigenvalue weighted by molar-refractivity contribution is 0.194. The second-order valence-corrected chi connectivity index (χ2v) is 2.18. The van der Waals surface area contributed by atoms with Gasteiger partial charge in [0, 0.05) is 11.8 Å². The van der Waals surface area contributed by atoms with Crippen molar-refractivity contribution in [1.29, 1.82) is 0 Å². The maximum absolute atomic E-state index is 10.9. The molecule has 3 N–H and O–H groups in total. The molecule has 1 amide bonds. The second-order valence-electron chi connectivity index (χ2n) is 2.18. The number of pyridine rings is 1. The molecule has 0 aliphatic heterocycles. The molecule has 5 heteroatoms. The van der Waals surface area contributed by atoms with E-state index in [0.717, 1.165) is 0 Å². The van der Waals surface area contributed by atoms with Gasteiger partial charge in [-0.25, -0.2) is 4.79 Å². The first-order chi connectivity index (χ1) is 5.70. The molecular formula is C7H8N2O3. The minimum atomic E-state index is -1.14. The maximum atomic E-state index is 10.9. The smallest absolute Gasteiger partial charge is 0.404 e. The van der Waals surface area contributed by atoms with E-state index in [1.54, 1.807) is 12.1 Å². The monoisotopic (exact) mass is 168 g/mol. The second kappa shape index (κ2) is 3.56. The predicted molar refractivity (Wildman–Crippen MR) is 41.9 cm³/mol. The fourth-order valence-electron chi connectivity index (χ4n) is 0.766. The Labute approximate surface area is 68.0 Å². The molecule has 0 unspecified atom stereocenters. The Morgan fingerprint density at radius 1 is 1.67 bits per heavy atom. The summed E-state index contributed by atoms with van der Waals surface area (Å²) in [6.07, 6.45) is 0.352. The summed E-state index contributed by atoms with van der Waals surface area (Å²) in [5.41, 5.74) is 0.131. The van der Waals surface area contributed by atoms with Crippen LogP contribution in [0.25, 0.3) is 0 Å². The predicted octanol–water partition coefficient (Wildman–Crippen LogP) is 0.143. The third-order valence-corrected chi connectivity index (χ3v) is 1.33. The Hall–Kier alpha value is -1.78. The minimum Gasteiger partial charge on any atom is -0.465 e. The molecule has 64 valence electrons. The van der Waals surface area contributed by atoms with Gasteiger partial charge in [-0.15, -0.1) is 0 Å². The van der Waals surface area contributed by atoms with Crippen molar-refractivity contribution >= 4 is 6.09 Å². The van der Waals surface area contributed by atoms with Crippen LogP contribution in [0, 0.1) is 0 Å². The van der Waals surface area contributed by atoms with Gasteiger partial charge in [-0.05, 0) is 6.07 Å². The molecule has 0 saturated carbocycles. The van der Waals surface area contributed by atoms with Gasteiger partial charge in [0.2, 0.25) is 0 Å². The topological polar surface area (TPSA) is 82.2 Å². The SMILES string of the molecule is O=C(O)NCc1ccc[nH]c1=O. The Bertz CT molecular complexity index is 331. The third-order valence-electron chi connectivity index (χ3n) is 1.33. The Balaban J connectivity index is 2.70. The van der Waals surface area contributed by atoms with Crippen molar-refractivity contribution in [3.63, 3.8) is 0 Å². The first kappa shape index (κ1) is 8.32. The van der Waals surface area contributed by atoms with E-state index < -0.39 is 6.09 Å². The first-order valence-corrected chi connectivity index (χ1v) is 3.33. The van der Waals surface area contributed by atoms with E-state index in [9.17, 15) is 9.59 Å². The van der Waals surface area contributed by atoms with Crippen molar-refractivity contribution in [2.75, 3.05) is 0 Å². The van der Waals surface area contributed by atoms with Crippen LogP contribution in [0.5, 0.6) is 0 Å². The molecule has 1 aromatic rings. The summed E-state index contributed by atoms with van der Waals surface area (Å²) in [6, 6.07) is 3.20. The Morgan fingerprint density at radius 3 is 3.00 bits per heavy atom. The highest BCUT2D eigenvalue weighted by Gasteiger charge is 1.98. The van der Waals surface area contributed by atoms with Crippen molar-refractivity contribution in [3.05, 3.63) is 34.2 Å². The number of amides is 1. The van der Waals surface area contributed by atoms with Gasteiger partial charge in [0.15, 0.2) is 0 Å². The molecule has 0 aliphatic carbocycles. The number of rotatable bonds is 2. The summed E-state index contributed by atoms with van der Waals surface area (Å²) in [4.78, 5) is 23.4. The van der Waals surface area contributed by atoms with Crippen LogP contribution < -0.4 is 10.9 Å². The third kappa shape index (κ3) is 2.12. The van der Waals surface area contributed by atoms with E-state index in [1.165, 1.54) is 6.20 Å². The van der Waals surface area contributed by atoms with Crippen molar-refractivity contribution in [2.45, 2.75) is 6.54 Å². The normalized spacial score (nSPS) is 9.33. The Kier molecular flexibility index (Phi) is 2.47. The fraction of sp³-hybridized carbons (Fsp3) is 0.143. The first-order valence-electron chi connectivity index (χ1n) is 3.33. The van der Waals surface area contributed by atoms with Crippen LogP contribution >= 0.6 is 0 Å². The van der Waals surface area contributed by atoms with Gasteiger partial charge in [-0.3, -0.25) is 4.79 Å². The lowest BCUT2D eigenvalue weighted by Gasteiger charge is -1.98. The number of aromatic amines is 1. The summed E-state index contributed by atoms with van der Waals surface area (Å²) < 4.78 is 0. The number of hydrogen-bond acceptors (Lipinski definition) is 2. The lowest BCUT2D eigenvalue weighted by atomic mass is 10.3. The molecule has 0 fully saturated rings. The molecule has 12 heavy (non-hydrogen) atoms. The molecule has 0 saturated heterocycles. The van der Waals surface area contributed by atoms with Gasteiger partial charge in [-0.2, -0.15) is 0 Å². The average molecular weight is 168 g/mol. The van der Waals surface area contributed by atoms with Crippen molar-refractivity contribution < 1.29 is 9.90 Å². The standard InChI is InChI=1S/C7H8N2O3/c10-6-5(2-1-3-8-6)4-9-7(11)12/h1-3,9H,4H2,(H,8,10)(H,11,12). The summed E-state index contributed by atoms with van der Waals surface area (Å²) in [5, 5.41) is 10.3. The van der Waals surface area contributed by atoms with E-state index in [0.29, 0.717) is 5.56 Å². The van der Waals surface area contributed by atoms with Gasteiger partial charge in [0.05, 0.1) is 6.54 Å².